The van der Waals surface area contributed by atoms with E-state index in [1.165, 1.54) is 30.6 Å². The Morgan fingerprint density at radius 3 is 2.79 bits per heavy atom. The molecule has 3 heterocycles. The average Bonchev–Trinajstić information content (AvgIpc) is 2.68. The highest BCUT2D eigenvalue weighted by molar-refractivity contribution is 5.76. The summed E-state index contributed by atoms with van der Waals surface area (Å²) in [4.78, 5) is 29.4. The van der Waals surface area contributed by atoms with E-state index >= 15 is 0 Å². The summed E-state index contributed by atoms with van der Waals surface area (Å²) in [7, 11) is 0. The van der Waals surface area contributed by atoms with Crippen LogP contribution in [0.2, 0.25) is 0 Å². The molecule has 7 nitrogen and oxygen atoms in total. The molecule has 1 aliphatic heterocycles. The highest BCUT2D eigenvalue weighted by Crippen LogP contribution is 2.34. The van der Waals surface area contributed by atoms with Crippen LogP contribution < -0.4 is 10.3 Å². The lowest BCUT2D eigenvalue weighted by atomic mass is 9.99. The second-order valence-corrected chi connectivity index (χ2v) is 6.53. The van der Waals surface area contributed by atoms with E-state index in [0.717, 1.165) is 17.2 Å². The van der Waals surface area contributed by atoms with Gasteiger partial charge in [0.1, 0.15) is 12.1 Å². The Bertz CT molecular complexity index is 885. The molecule has 2 aromatic rings. The van der Waals surface area contributed by atoms with Crippen molar-refractivity contribution in [3.05, 3.63) is 52.6 Å². The zero-order valence-electron chi connectivity index (χ0n) is 14.9. The molecule has 0 aromatic carbocycles. The number of rotatable bonds is 5. The van der Waals surface area contributed by atoms with Gasteiger partial charge in [0.2, 0.25) is 11.8 Å². The van der Waals surface area contributed by atoms with Gasteiger partial charge in [-0.05, 0) is 31.0 Å². The van der Waals surface area contributed by atoms with Crippen LogP contribution in [0.4, 0.5) is 13.2 Å². The Morgan fingerprint density at radius 2 is 2.04 bits per heavy atom. The normalized spacial score (nSPS) is 17.4. The van der Waals surface area contributed by atoms with E-state index in [2.05, 4.69) is 10.1 Å². The number of nitrogens with zero attached hydrogens (tertiary/aromatic N) is 4. The number of ether oxygens (including phenoxy) is 1. The molecular formula is C18H19F3N4O3. The predicted molar refractivity (Wildman–Crippen MR) is 92.5 cm³/mol. The summed E-state index contributed by atoms with van der Waals surface area (Å²) in [6, 6.07) is 4.93. The first-order valence-corrected chi connectivity index (χ1v) is 8.79. The molecule has 0 aliphatic carbocycles. The molecule has 1 fully saturated rings. The molecule has 1 aliphatic rings. The van der Waals surface area contributed by atoms with Gasteiger partial charge in [0.15, 0.2) is 0 Å². The first-order valence-electron chi connectivity index (χ1n) is 8.79. The van der Waals surface area contributed by atoms with Crippen LogP contribution in [-0.4, -0.2) is 45.3 Å². The first kappa shape index (κ1) is 19.8. The predicted octanol–water partition coefficient (Wildman–Crippen LogP) is 1.97. The maximum Gasteiger partial charge on any atom is 0.421 e. The number of hydrogen-bond donors (Lipinski definition) is 0. The van der Waals surface area contributed by atoms with Gasteiger partial charge >= 0.3 is 6.18 Å². The third kappa shape index (κ3) is 4.87. The van der Waals surface area contributed by atoms with Gasteiger partial charge < -0.3 is 9.64 Å². The van der Waals surface area contributed by atoms with Crippen molar-refractivity contribution in [3.8, 4) is 5.88 Å². The highest BCUT2D eigenvalue weighted by atomic mass is 19.4. The highest BCUT2D eigenvalue weighted by Gasteiger charge is 2.35. The lowest BCUT2D eigenvalue weighted by molar-refractivity contribution is -0.139. The number of carbonyl (C=O) groups excluding carboxylic acids is 1. The average molecular weight is 396 g/mol. The number of alkyl halides is 3. The molecular weight excluding hydrogens is 377 g/mol. The van der Waals surface area contributed by atoms with Gasteiger partial charge in [-0.3, -0.25) is 9.59 Å². The fraction of sp³-hybridized carbons (Fsp3) is 0.444. The topological polar surface area (TPSA) is 77.3 Å². The van der Waals surface area contributed by atoms with Gasteiger partial charge in [-0.2, -0.15) is 18.3 Å². The Balaban J connectivity index is 1.59. The van der Waals surface area contributed by atoms with E-state index < -0.39 is 17.6 Å². The maximum atomic E-state index is 13.0. The number of carbonyl (C=O) groups is 1. The summed E-state index contributed by atoms with van der Waals surface area (Å²) in [6.07, 6.45) is -0.459. The molecule has 1 unspecified atom stereocenters. The fourth-order valence-corrected chi connectivity index (χ4v) is 3.08. The van der Waals surface area contributed by atoms with Gasteiger partial charge in [0.05, 0.1) is 6.61 Å². The van der Waals surface area contributed by atoms with Crippen LogP contribution in [0.25, 0.3) is 0 Å². The number of likely N-dealkylation sites (tertiary alicyclic amines) is 1. The third-order valence-corrected chi connectivity index (χ3v) is 4.47. The summed E-state index contributed by atoms with van der Waals surface area (Å²) in [5.41, 5.74) is -1.30. The number of hydrogen-bond acceptors (Lipinski definition) is 5. The second-order valence-electron chi connectivity index (χ2n) is 6.53. The first-order chi connectivity index (χ1) is 13.3. The van der Waals surface area contributed by atoms with Crippen LogP contribution in [0.3, 0.4) is 0 Å². The van der Waals surface area contributed by atoms with Crippen LogP contribution >= 0.6 is 0 Å². The van der Waals surface area contributed by atoms with Crippen molar-refractivity contribution in [1.82, 2.24) is 19.7 Å². The molecule has 10 heteroatoms. The molecule has 0 spiro atoms. The standard InChI is InChI=1S/C18H19F3N4O3/c19-18(20,21)14-5-1-7-22-17(14)28-12-13-4-3-9-24(10-13)16(27)11-25-15(26)6-2-8-23-25/h1-2,5-8,13H,3-4,9-12H2. The van der Waals surface area contributed by atoms with E-state index in [4.69, 9.17) is 4.74 Å². The van der Waals surface area contributed by atoms with Crippen molar-refractivity contribution in [1.29, 1.82) is 0 Å². The zero-order valence-corrected chi connectivity index (χ0v) is 14.9. The number of piperidine rings is 1. The molecule has 2 aromatic heterocycles. The Labute approximate surface area is 158 Å². The minimum absolute atomic E-state index is 0.0212. The van der Waals surface area contributed by atoms with E-state index in [0.29, 0.717) is 19.5 Å². The van der Waals surface area contributed by atoms with Crippen molar-refractivity contribution in [2.45, 2.75) is 25.6 Å². The lowest BCUT2D eigenvalue weighted by Gasteiger charge is -2.32. The van der Waals surface area contributed by atoms with Crippen LogP contribution in [0, 0.1) is 5.92 Å². The van der Waals surface area contributed by atoms with Gasteiger partial charge in [0, 0.05) is 37.5 Å². The van der Waals surface area contributed by atoms with Crippen molar-refractivity contribution in [2.24, 2.45) is 5.92 Å². The summed E-state index contributed by atoms with van der Waals surface area (Å²) in [5.74, 6) is -0.848. The molecule has 1 atom stereocenters. The number of halogens is 3. The summed E-state index contributed by atoms with van der Waals surface area (Å²) < 4.78 is 45.5. The summed E-state index contributed by atoms with van der Waals surface area (Å²) in [5, 5.41) is 3.86. The zero-order chi connectivity index (χ0) is 20.1. The van der Waals surface area contributed by atoms with E-state index in [-0.39, 0.29) is 30.5 Å². The molecule has 1 amide bonds. The Morgan fingerprint density at radius 1 is 1.25 bits per heavy atom. The minimum Gasteiger partial charge on any atom is -0.477 e. The van der Waals surface area contributed by atoms with Gasteiger partial charge in [-0.15, -0.1) is 0 Å². The summed E-state index contributed by atoms with van der Waals surface area (Å²) in [6.45, 7) is 0.710. The fourth-order valence-electron chi connectivity index (χ4n) is 3.08. The van der Waals surface area contributed by atoms with E-state index in [1.54, 1.807) is 4.90 Å². The van der Waals surface area contributed by atoms with E-state index in [1.807, 2.05) is 0 Å². The molecule has 150 valence electrons. The van der Waals surface area contributed by atoms with E-state index in [9.17, 15) is 22.8 Å². The monoisotopic (exact) mass is 396 g/mol. The Kier molecular flexibility index (Phi) is 5.96. The number of pyridine rings is 1. The van der Waals surface area contributed by atoms with Crippen LogP contribution in [0.5, 0.6) is 5.88 Å². The third-order valence-electron chi connectivity index (χ3n) is 4.47. The molecule has 0 radical (unpaired) electrons. The van der Waals surface area contributed by atoms with Gasteiger partial charge in [-0.1, -0.05) is 0 Å². The Hall–Kier alpha value is -2.91. The largest absolute Gasteiger partial charge is 0.477 e. The molecule has 1 saturated heterocycles. The van der Waals surface area contributed by atoms with Gasteiger partial charge in [0.25, 0.3) is 5.56 Å². The second kappa shape index (κ2) is 8.41. The van der Waals surface area contributed by atoms with Crippen LogP contribution in [0.1, 0.15) is 18.4 Å². The molecule has 3 rings (SSSR count). The van der Waals surface area contributed by atoms with Crippen molar-refractivity contribution < 1.29 is 22.7 Å². The molecule has 0 bridgehead atoms. The van der Waals surface area contributed by atoms with Crippen LogP contribution in [0.15, 0.2) is 41.5 Å². The molecule has 0 saturated carbocycles. The van der Waals surface area contributed by atoms with Crippen LogP contribution in [-0.2, 0) is 17.5 Å². The van der Waals surface area contributed by atoms with Crippen molar-refractivity contribution >= 4 is 5.91 Å². The quantitative estimate of drug-likeness (QED) is 0.772. The number of aromatic nitrogens is 3. The smallest absolute Gasteiger partial charge is 0.421 e. The SMILES string of the molecule is O=C(Cn1ncccc1=O)N1CCCC(COc2ncccc2C(F)(F)F)C1. The van der Waals surface area contributed by atoms with Crippen molar-refractivity contribution in [3.63, 3.8) is 0 Å². The number of amides is 1. The lowest BCUT2D eigenvalue weighted by Crippen LogP contribution is -2.44. The summed E-state index contributed by atoms with van der Waals surface area (Å²) >= 11 is 0. The molecule has 28 heavy (non-hydrogen) atoms. The van der Waals surface area contributed by atoms with Crippen molar-refractivity contribution in [2.75, 3.05) is 19.7 Å². The minimum atomic E-state index is -4.55. The molecule has 0 N–H and O–H groups in total. The maximum absolute atomic E-state index is 13.0. The van der Waals surface area contributed by atoms with Gasteiger partial charge in [-0.25, -0.2) is 9.67 Å².